The Labute approximate surface area is 161 Å². The summed E-state index contributed by atoms with van der Waals surface area (Å²) in [7, 11) is 0. The summed E-state index contributed by atoms with van der Waals surface area (Å²) in [5.41, 5.74) is 0.808. The lowest BCUT2D eigenvalue weighted by Crippen LogP contribution is -2.56. The zero-order chi connectivity index (χ0) is 18.6. The molecule has 3 nitrogen and oxygen atoms in total. The first-order valence-electron chi connectivity index (χ1n) is 11.3. The molecular formula is C24H32O3. The van der Waals surface area contributed by atoms with Gasteiger partial charge in [-0.05, 0) is 91.9 Å². The van der Waals surface area contributed by atoms with E-state index in [0.717, 1.165) is 43.4 Å². The van der Waals surface area contributed by atoms with E-state index in [4.69, 9.17) is 0 Å². The molecule has 6 aliphatic carbocycles. The van der Waals surface area contributed by atoms with Crippen molar-refractivity contribution < 1.29 is 15.0 Å². The molecule has 0 saturated heterocycles. The molecule has 0 aromatic rings. The van der Waals surface area contributed by atoms with E-state index in [2.05, 4.69) is 6.92 Å². The first kappa shape index (κ1) is 17.0. The van der Waals surface area contributed by atoms with Crippen molar-refractivity contribution in [3.63, 3.8) is 0 Å². The van der Waals surface area contributed by atoms with Crippen molar-refractivity contribution >= 4 is 5.78 Å². The molecule has 27 heavy (non-hydrogen) atoms. The lowest BCUT2D eigenvalue weighted by atomic mass is 9.47. The van der Waals surface area contributed by atoms with Crippen LogP contribution in [0.15, 0.2) is 23.8 Å². The summed E-state index contributed by atoms with van der Waals surface area (Å²) in [5, 5.41) is 21.2. The van der Waals surface area contributed by atoms with Gasteiger partial charge in [0, 0.05) is 11.8 Å². The molecule has 0 aromatic heterocycles. The van der Waals surface area contributed by atoms with Crippen molar-refractivity contribution in [2.45, 2.75) is 57.5 Å². The molecule has 10 atom stereocenters. The molecular weight excluding hydrogens is 336 g/mol. The van der Waals surface area contributed by atoms with Crippen LogP contribution in [-0.4, -0.2) is 28.2 Å². The maximum Gasteiger partial charge on any atom is 0.155 e. The molecule has 3 heteroatoms. The van der Waals surface area contributed by atoms with Gasteiger partial charge >= 0.3 is 0 Å². The van der Waals surface area contributed by atoms with Gasteiger partial charge in [-0.25, -0.2) is 0 Å². The molecule has 0 bridgehead atoms. The van der Waals surface area contributed by atoms with Gasteiger partial charge in [0.2, 0.25) is 0 Å². The minimum atomic E-state index is -0.714. The molecule has 6 rings (SSSR count). The van der Waals surface area contributed by atoms with E-state index in [9.17, 15) is 15.0 Å². The number of hydrogen-bond donors (Lipinski definition) is 2. The summed E-state index contributed by atoms with van der Waals surface area (Å²) in [6.07, 6.45) is 13.5. The molecule has 0 aromatic carbocycles. The van der Waals surface area contributed by atoms with Gasteiger partial charge in [0.1, 0.15) is 0 Å². The van der Waals surface area contributed by atoms with E-state index in [1.807, 2.05) is 12.2 Å². The second-order valence-corrected chi connectivity index (χ2v) is 10.5. The number of aliphatic hydroxyl groups excluding tert-OH is 1. The second kappa shape index (κ2) is 5.36. The fraction of sp³-hybridized carbons (Fsp3) is 0.792. The fourth-order valence-electron chi connectivity index (χ4n) is 9.03. The monoisotopic (exact) mass is 368 g/mol. The first-order valence-corrected chi connectivity index (χ1v) is 11.3. The van der Waals surface area contributed by atoms with Gasteiger partial charge in [-0.15, -0.1) is 0 Å². The number of aliphatic hydroxyl groups is 2. The highest BCUT2D eigenvalue weighted by molar-refractivity contribution is 5.91. The molecule has 5 unspecified atom stereocenters. The Morgan fingerprint density at radius 2 is 2.04 bits per heavy atom. The van der Waals surface area contributed by atoms with Crippen molar-refractivity contribution in [3.8, 4) is 0 Å². The van der Waals surface area contributed by atoms with E-state index in [0.29, 0.717) is 35.4 Å². The van der Waals surface area contributed by atoms with Crippen LogP contribution in [0.4, 0.5) is 0 Å². The van der Waals surface area contributed by atoms with Crippen LogP contribution in [-0.2, 0) is 4.79 Å². The Balaban J connectivity index is 1.41. The SMILES string of the molecule is CC[C@]12CCC3C(C4CC4C4=CC(=O)CC[C@@H]43)C1[C@@H]1C[C@@H]1[C@@]2(O)C=CCO. The van der Waals surface area contributed by atoms with Gasteiger partial charge in [0.05, 0.1) is 12.2 Å². The number of hydrogen-bond acceptors (Lipinski definition) is 3. The Morgan fingerprint density at radius 3 is 2.81 bits per heavy atom. The van der Waals surface area contributed by atoms with Crippen LogP contribution in [0.3, 0.4) is 0 Å². The molecule has 0 amide bonds. The third-order valence-electron chi connectivity index (χ3n) is 9.98. The number of rotatable bonds is 3. The third kappa shape index (κ3) is 1.93. The molecule has 0 aliphatic heterocycles. The highest BCUT2D eigenvalue weighted by Crippen LogP contribution is 2.80. The standard InChI is InChI=1S/C24H32O3/c1-2-23-8-6-15-14-5-4-13(26)10-16(14)17-11-18(17)21(15)22(23)19-12-20(19)24(23,27)7-3-9-25/h3,7,10,14-15,17-22,25,27H,2,4-6,8-9,11-12H2,1H3/t14-,15?,17?,18?,19-,20+,21?,22?,23+,24+/m1/s1. The van der Waals surface area contributed by atoms with Crippen LogP contribution in [0.25, 0.3) is 0 Å². The summed E-state index contributed by atoms with van der Waals surface area (Å²) >= 11 is 0. The van der Waals surface area contributed by atoms with E-state index >= 15 is 0 Å². The lowest BCUT2D eigenvalue weighted by molar-refractivity contribution is -0.130. The van der Waals surface area contributed by atoms with E-state index in [1.165, 1.54) is 24.8 Å². The van der Waals surface area contributed by atoms with Crippen LogP contribution >= 0.6 is 0 Å². The average molecular weight is 369 g/mol. The predicted octanol–water partition coefficient (Wildman–Crippen LogP) is 3.51. The molecule has 0 heterocycles. The van der Waals surface area contributed by atoms with E-state index in [1.54, 1.807) is 6.08 Å². The fourth-order valence-corrected chi connectivity index (χ4v) is 9.03. The van der Waals surface area contributed by atoms with Crippen LogP contribution in [0.2, 0.25) is 0 Å². The number of ketones is 1. The molecule has 2 N–H and O–H groups in total. The smallest absolute Gasteiger partial charge is 0.155 e. The third-order valence-corrected chi connectivity index (χ3v) is 9.98. The van der Waals surface area contributed by atoms with Gasteiger partial charge < -0.3 is 10.2 Å². The molecule has 5 fully saturated rings. The Morgan fingerprint density at radius 1 is 1.19 bits per heavy atom. The normalized spacial score (nSPS) is 57.3. The van der Waals surface area contributed by atoms with Crippen LogP contribution in [0, 0.1) is 52.8 Å². The van der Waals surface area contributed by atoms with E-state index < -0.39 is 5.60 Å². The average Bonchev–Trinajstić information content (AvgIpc) is 3.58. The van der Waals surface area contributed by atoms with Crippen molar-refractivity contribution in [1.82, 2.24) is 0 Å². The zero-order valence-electron chi connectivity index (χ0n) is 16.3. The van der Waals surface area contributed by atoms with Gasteiger partial charge in [0.25, 0.3) is 0 Å². The van der Waals surface area contributed by atoms with Gasteiger partial charge in [-0.3, -0.25) is 4.79 Å². The number of carbonyl (C=O) groups excluding carboxylic acids is 1. The Hall–Kier alpha value is -0.930. The maximum absolute atomic E-state index is 12.0. The van der Waals surface area contributed by atoms with Crippen molar-refractivity contribution in [2.24, 2.45) is 52.8 Å². The lowest BCUT2D eigenvalue weighted by Gasteiger charge is -2.58. The summed E-state index contributed by atoms with van der Waals surface area (Å²) in [4.78, 5) is 12.0. The summed E-state index contributed by atoms with van der Waals surface area (Å²) in [6, 6.07) is 0. The molecule has 5 saturated carbocycles. The van der Waals surface area contributed by atoms with Crippen molar-refractivity contribution in [3.05, 3.63) is 23.8 Å². The number of fused-ring (bicyclic) bond motifs is 10. The summed E-state index contributed by atoms with van der Waals surface area (Å²) in [5.74, 6) is 5.68. The molecule has 0 radical (unpaired) electrons. The van der Waals surface area contributed by atoms with Crippen molar-refractivity contribution in [2.75, 3.05) is 6.61 Å². The minimum absolute atomic E-state index is 0.00621. The molecule has 6 aliphatic rings. The zero-order valence-corrected chi connectivity index (χ0v) is 16.3. The highest BCUT2D eigenvalue weighted by Gasteiger charge is 2.78. The highest BCUT2D eigenvalue weighted by atomic mass is 16.3. The summed E-state index contributed by atoms with van der Waals surface area (Å²) < 4.78 is 0. The molecule has 0 spiro atoms. The van der Waals surface area contributed by atoms with Crippen molar-refractivity contribution in [1.29, 1.82) is 0 Å². The topological polar surface area (TPSA) is 57.5 Å². The second-order valence-electron chi connectivity index (χ2n) is 10.5. The van der Waals surface area contributed by atoms with Crippen LogP contribution in [0.1, 0.15) is 51.9 Å². The number of allylic oxidation sites excluding steroid dienone is 1. The number of carbonyl (C=O) groups is 1. The summed E-state index contributed by atoms with van der Waals surface area (Å²) in [6.45, 7) is 2.30. The maximum atomic E-state index is 12.0. The van der Waals surface area contributed by atoms with Crippen LogP contribution < -0.4 is 0 Å². The minimum Gasteiger partial charge on any atom is -0.392 e. The predicted molar refractivity (Wildman–Crippen MR) is 103 cm³/mol. The quantitative estimate of drug-likeness (QED) is 0.750. The largest absolute Gasteiger partial charge is 0.392 e. The van der Waals surface area contributed by atoms with Gasteiger partial charge in [-0.1, -0.05) is 24.6 Å². The Kier molecular flexibility index (Phi) is 3.37. The first-order chi connectivity index (χ1) is 13.1. The van der Waals surface area contributed by atoms with Gasteiger partial charge in [-0.2, -0.15) is 0 Å². The van der Waals surface area contributed by atoms with Gasteiger partial charge in [0.15, 0.2) is 5.78 Å². The Bertz CT molecular complexity index is 753. The molecule has 146 valence electrons. The van der Waals surface area contributed by atoms with Crippen LogP contribution in [0.5, 0.6) is 0 Å². The van der Waals surface area contributed by atoms with E-state index in [-0.39, 0.29) is 12.0 Å².